The maximum Gasteiger partial charge on any atom is 0.302 e. The Labute approximate surface area is 347 Å². The minimum Gasteiger partial charge on any atom is -0.466 e. The molecule has 3 nitrogen and oxygen atoms in total. The summed E-state index contributed by atoms with van der Waals surface area (Å²) in [7, 11) is 0. The summed E-state index contributed by atoms with van der Waals surface area (Å²) in [5.41, 5.74) is 0. The number of carbonyl (C=O) groups excluding carboxylic acids is 2. The Morgan fingerprint density at radius 3 is 0.836 bits per heavy atom. The summed E-state index contributed by atoms with van der Waals surface area (Å²) < 4.78 is 5.11. The molecule has 0 fully saturated rings. The van der Waals surface area contributed by atoms with E-state index in [1.807, 2.05) is 0 Å². The van der Waals surface area contributed by atoms with Crippen LogP contribution in [0.1, 0.15) is 310 Å². The second-order valence-electron chi connectivity index (χ2n) is 18.0. The van der Waals surface area contributed by atoms with Gasteiger partial charge in [0.1, 0.15) is 5.78 Å². The van der Waals surface area contributed by atoms with Crippen molar-refractivity contribution in [2.75, 3.05) is 6.61 Å². The normalized spacial score (nSPS) is 12.1. The van der Waals surface area contributed by atoms with Gasteiger partial charge in [0.05, 0.1) is 6.61 Å². The summed E-state index contributed by atoms with van der Waals surface area (Å²) in [6, 6.07) is 0. The zero-order chi connectivity index (χ0) is 40.0. The van der Waals surface area contributed by atoms with Crippen LogP contribution >= 0.6 is 0 Å². The molecule has 0 aromatic heterocycles. The average molecular weight is 775 g/mol. The predicted octanol–water partition coefficient (Wildman–Crippen LogP) is 18.3. The van der Waals surface area contributed by atoms with E-state index in [9.17, 15) is 9.59 Å². The number of esters is 1. The topological polar surface area (TPSA) is 43.4 Å². The number of ether oxygens (including phenoxy) is 1. The van der Waals surface area contributed by atoms with Gasteiger partial charge >= 0.3 is 5.97 Å². The first-order chi connectivity index (χ1) is 27.1. The maximum absolute atomic E-state index is 13.3. The van der Waals surface area contributed by atoms with Crippen molar-refractivity contribution in [2.24, 2.45) is 5.92 Å². The molecule has 0 aromatic rings. The fourth-order valence-electron chi connectivity index (χ4n) is 8.58. The molecule has 0 bridgehead atoms. The van der Waals surface area contributed by atoms with Gasteiger partial charge in [-0.3, -0.25) is 9.59 Å². The monoisotopic (exact) mass is 775 g/mol. The summed E-state index contributed by atoms with van der Waals surface area (Å²) in [5.74, 6) is 0.594. The molecule has 0 rings (SSSR count). The number of hydrogen-bond acceptors (Lipinski definition) is 3. The molecule has 0 spiro atoms. The Morgan fingerprint density at radius 1 is 0.327 bits per heavy atom. The van der Waals surface area contributed by atoms with Crippen molar-refractivity contribution in [1.29, 1.82) is 0 Å². The smallest absolute Gasteiger partial charge is 0.302 e. The Hall–Kier alpha value is -0.860. The summed E-state index contributed by atoms with van der Waals surface area (Å²) in [4.78, 5) is 24.4. The van der Waals surface area contributed by atoms with Gasteiger partial charge in [-0.2, -0.15) is 0 Å². The lowest BCUT2D eigenvalue weighted by Crippen LogP contribution is -2.15. The highest BCUT2D eigenvalue weighted by Gasteiger charge is 2.17. The van der Waals surface area contributed by atoms with Crippen molar-refractivity contribution in [1.82, 2.24) is 0 Å². The molecular formula is C52H102O3. The molecule has 0 aliphatic carbocycles. The summed E-state index contributed by atoms with van der Waals surface area (Å²) in [6.45, 7) is 6.60. The molecule has 0 unspecified atom stereocenters. The molecule has 0 N–H and O–H groups in total. The van der Waals surface area contributed by atoms with Crippen LogP contribution in [-0.4, -0.2) is 18.4 Å². The van der Waals surface area contributed by atoms with Gasteiger partial charge in [-0.25, -0.2) is 0 Å². The van der Waals surface area contributed by atoms with Gasteiger partial charge in [-0.15, -0.1) is 0 Å². The fraction of sp³-hybridized carbons (Fsp3) is 0.962. The fourth-order valence-corrected chi connectivity index (χ4v) is 8.58. The van der Waals surface area contributed by atoms with Crippen LogP contribution in [0.5, 0.6) is 0 Å². The summed E-state index contributed by atoms with van der Waals surface area (Å²) >= 11 is 0. The van der Waals surface area contributed by atoms with Crippen LogP contribution in [-0.2, 0) is 14.3 Å². The molecule has 0 aromatic carbocycles. The number of ketones is 1. The van der Waals surface area contributed by atoms with Crippen molar-refractivity contribution in [2.45, 2.75) is 310 Å². The second-order valence-corrected chi connectivity index (χ2v) is 18.0. The standard InChI is InChI=1S/C52H102O3/c1-4-6-8-10-12-14-16-18-20-22-24-26-27-29-31-33-35-37-39-42-46-51(47-43-41-45-49-55-50(3)53)52(54)48-44-40-38-36-34-32-30-28-25-23-21-19-17-15-13-11-9-7-5-2/h51H,4-49H2,1-3H3/t51-/m0/s1. The predicted molar refractivity (Wildman–Crippen MR) is 244 cm³/mol. The van der Waals surface area contributed by atoms with E-state index >= 15 is 0 Å². The highest BCUT2D eigenvalue weighted by Crippen LogP contribution is 2.23. The number of rotatable bonds is 48. The lowest BCUT2D eigenvalue weighted by Gasteiger charge is -2.16. The molecule has 0 saturated carbocycles. The zero-order valence-electron chi connectivity index (χ0n) is 38.3. The Balaban J connectivity index is 3.85. The van der Waals surface area contributed by atoms with Gasteiger partial charge in [0.2, 0.25) is 0 Å². The van der Waals surface area contributed by atoms with Crippen LogP contribution in [0, 0.1) is 5.92 Å². The molecule has 0 amide bonds. The van der Waals surface area contributed by atoms with E-state index in [1.54, 1.807) is 0 Å². The molecule has 0 radical (unpaired) electrons. The number of hydrogen-bond donors (Lipinski definition) is 0. The summed E-state index contributed by atoms with van der Waals surface area (Å²) in [5, 5.41) is 0. The van der Waals surface area contributed by atoms with E-state index in [4.69, 9.17) is 4.74 Å². The Bertz CT molecular complexity index is 747. The number of carbonyl (C=O) groups is 2. The van der Waals surface area contributed by atoms with Crippen LogP contribution in [0.2, 0.25) is 0 Å². The molecule has 1 atom stereocenters. The first-order valence-corrected chi connectivity index (χ1v) is 25.8. The van der Waals surface area contributed by atoms with Gasteiger partial charge in [0.15, 0.2) is 0 Å². The molecular weight excluding hydrogens is 673 g/mol. The molecule has 0 saturated heterocycles. The van der Waals surface area contributed by atoms with Crippen molar-refractivity contribution in [3.63, 3.8) is 0 Å². The Kier molecular flexibility index (Phi) is 46.8. The van der Waals surface area contributed by atoms with Gasteiger partial charge in [0.25, 0.3) is 0 Å². The van der Waals surface area contributed by atoms with Crippen molar-refractivity contribution < 1.29 is 14.3 Å². The first-order valence-electron chi connectivity index (χ1n) is 25.8. The van der Waals surface area contributed by atoms with E-state index in [0.717, 1.165) is 44.9 Å². The van der Waals surface area contributed by atoms with E-state index in [0.29, 0.717) is 12.4 Å². The zero-order valence-corrected chi connectivity index (χ0v) is 38.3. The first kappa shape index (κ1) is 54.1. The van der Waals surface area contributed by atoms with E-state index < -0.39 is 0 Å². The third-order valence-corrected chi connectivity index (χ3v) is 12.4. The van der Waals surface area contributed by atoms with Crippen molar-refractivity contribution in [3.05, 3.63) is 0 Å². The SMILES string of the molecule is CCCCCCCCCCCCCCCCCCCCCC[C@@H](CCCCCOC(C)=O)C(=O)CCCCCCCCCCCCCCCCCCCCC. The highest BCUT2D eigenvalue weighted by atomic mass is 16.5. The van der Waals surface area contributed by atoms with Gasteiger partial charge in [0, 0.05) is 19.3 Å². The Morgan fingerprint density at radius 2 is 0.564 bits per heavy atom. The van der Waals surface area contributed by atoms with Crippen molar-refractivity contribution >= 4 is 11.8 Å². The van der Waals surface area contributed by atoms with Gasteiger partial charge in [-0.1, -0.05) is 271 Å². The number of unbranched alkanes of at least 4 members (excludes halogenated alkanes) is 39. The van der Waals surface area contributed by atoms with Crippen LogP contribution in [0.4, 0.5) is 0 Å². The van der Waals surface area contributed by atoms with Crippen LogP contribution in [0.3, 0.4) is 0 Å². The second kappa shape index (κ2) is 47.5. The van der Waals surface area contributed by atoms with Crippen molar-refractivity contribution in [3.8, 4) is 0 Å². The molecule has 0 aliphatic rings. The lowest BCUT2D eigenvalue weighted by molar-refractivity contribution is -0.141. The third-order valence-electron chi connectivity index (χ3n) is 12.4. The van der Waals surface area contributed by atoms with Crippen LogP contribution in [0.15, 0.2) is 0 Å². The summed E-state index contributed by atoms with van der Waals surface area (Å²) in [6.07, 6.45) is 60.5. The third kappa shape index (κ3) is 45.7. The molecule has 0 heterocycles. The highest BCUT2D eigenvalue weighted by molar-refractivity contribution is 5.80. The van der Waals surface area contributed by atoms with E-state index in [-0.39, 0.29) is 11.9 Å². The van der Waals surface area contributed by atoms with Crippen LogP contribution in [0.25, 0.3) is 0 Å². The average Bonchev–Trinajstić information content (AvgIpc) is 3.18. The van der Waals surface area contributed by atoms with E-state index in [1.165, 1.54) is 251 Å². The molecule has 0 aliphatic heterocycles. The minimum atomic E-state index is -0.188. The minimum absolute atomic E-state index is 0.188. The van der Waals surface area contributed by atoms with Gasteiger partial charge < -0.3 is 4.74 Å². The molecule has 3 heteroatoms. The van der Waals surface area contributed by atoms with Crippen LogP contribution < -0.4 is 0 Å². The van der Waals surface area contributed by atoms with Gasteiger partial charge in [-0.05, 0) is 25.7 Å². The lowest BCUT2D eigenvalue weighted by atomic mass is 9.88. The number of Topliss-reactive ketones (excluding diaryl/α,β-unsaturated/α-hetero) is 1. The molecule has 328 valence electrons. The largest absolute Gasteiger partial charge is 0.466 e. The quantitative estimate of drug-likeness (QED) is 0.0457. The maximum atomic E-state index is 13.3. The molecule has 55 heavy (non-hydrogen) atoms. The van der Waals surface area contributed by atoms with E-state index in [2.05, 4.69) is 13.8 Å².